The highest BCUT2D eigenvalue weighted by molar-refractivity contribution is 5.93. The number of urea groups is 1. The zero-order valence-corrected chi connectivity index (χ0v) is 24.8. The maximum atomic E-state index is 13.9. The normalized spacial score (nSPS) is 22.9. The summed E-state index contributed by atoms with van der Waals surface area (Å²) in [5, 5.41) is 9.01. The Labute approximate surface area is 224 Å². The van der Waals surface area contributed by atoms with Gasteiger partial charge in [-0.1, -0.05) is 74.7 Å². The largest absolute Gasteiger partial charge is 0.355 e. The second-order valence-electron chi connectivity index (χ2n) is 13.7. The summed E-state index contributed by atoms with van der Waals surface area (Å²) in [6.45, 7) is 18.5. The van der Waals surface area contributed by atoms with Crippen LogP contribution in [0.4, 0.5) is 4.79 Å². The Hall–Kier alpha value is -2.12. The fourth-order valence-electron chi connectivity index (χ4n) is 5.75. The number of hydrogen-bond donors (Lipinski definition) is 3. The number of carbonyl (C=O) groups excluding carboxylic acids is 4. The molecule has 0 bridgehead atoms. The number of nitrogens with zero attached hydrogens (tertiary/aromatic N) is 1. The van der Waals surface area contributed by atoms with Crippen LogP contribution in [0.5, 0.6) is 0 Å². The second-order valence-corrected chi connectivity index (χ2v) is 13.7. The monoisotopic (exact) mass is 520 g/mol. The topological polar surface area (TPSA) is 108 Å². The summed E-state index contributed by atoms with van der Waals surface area (Å²) < 4.78 is 0. The van der Waals surface area contributed by atoms with Crippen molar-refractivity contribution >= 4 is 23.6 Å². The molecule has 0 aromatic rings. The molecule has 2 rings (SSSR count). The maximum Gasteiger partial charge on any atom is 0.315 e. The molecule has 8 nitrogen and oxygen atoms in total. The molecule has 0 spiro atoms. The third-order valence-corrected chi connectivity index (χ3v) is 8.12. The van der Waals surface area contributed by atoms with Gasteiger partial charge in [0, 0.05) is 30.5 Å². The molecular weight excluding hydrogens is 468 g/mol. The molecule has 37 heavy (non-hydrogen) atoms. The summed E-state index contributed by atoms with van der Waals surface area (Å²) in [6, 6.07) is -1.78. The van der Waals surface area contributed by atoms with Gasteiger partial charge in [0.05, 0.1) is 0 Å². The third kappa shape index (κ3) is 7.93. The second kappa shape index (κ2) is 12.2. The standard InChI is InChI=1S/C29H52N4O4/c1-10-30-24(35)22-20(19(2)3)14-17-33(22)25(36)23(28(7,8)9)31-26(37)32-29(15-12-11-13-16-29)18-21(34)27(4,5)6/h19-20,22-23H,10-18H2,1-9H3,(H,30,35)(H2,31,32,37)/t20-,22+,23-/m1/s1. The molecule has 2 aliphatic rings. The lowest BCUT2D eigenvalue weighted by atomic mass is 9.74. The van der Waals surface area contributed by atoms with E-state index in [4.69, 9.17) is 0 Å². The number of ketones is 1. The average Bonchev–Trinajstić information content (AvgIpc) is 3.22. The van der Waals surface area contributed by atoms with Gasteiger partial charge < -0.3 is 20.9 Å². The molecule has 0 radical (unpaired) electrons. The van der Waals surface area contributed by atoms with Gasteiger partial charge in [0.2, 0.25) is 11.8 Å². The highest BCUT2D eigenvalue weighted by atomic mass is 16.2. The molecule has 3 N–H and O–H groups in total. The number of Topliss-reactive ketones (excluding diaryl/α,β-unsaturated/α-hetero) is 1. The molecule has 0 aromatic carbocycles. The molecule has 1 heterocycles. The van der Waals surface area contributed by atoms with Crippen molar-refractivity contribution in [3.63, 3.8) is 0 Å². The van der Waals surface area contributed by atoms with Crippen LogP contribution >= 0.6 is 0 Å². The van der Waals surface area contributed by atoms with Crippen LogP contribution in [0.1, 0.15) is 107 Å². The molecule has 0 aromatic heterocycles. The first-order chi connectivity index (χ1) is 17.0. The number of amides is 4. The van der Waals surface area contributed by atoms with Crippen molar-refractivity contribution in [2.24, 2.45) is 22.7 Å². The summed E-state index contributed by atoms with van der Waals surface area (Å²) in [4.78, 5) is 55.0. The smallest absolute Gasteiger partial charge is 0.315 e. The molecule has 8 heteroatoms. The van der Waals surface area contributed by atoms with Gasteiger partial charge in [-0.15, -0.1) is 0 Å². The van der Waals surface area contributed by atoms with Crippen LogP contribution in [0.3, 0.4) is 0 Å². The Morgan fingerprint density at radius 1 is 0.973 bits per heavy atom. The third-order valence-electron chi connectivity index (χ3n) is 8.12. The van der Waals surface area contributed by atoms with Crippen LogP contribution in [0.25, 0.3) is 0 Å². The predicted molar refractivity (Wildman–Crippen MR) is 147 cm³/mol. The van der Waals surface area contributed by atoms with Crippen molar-refractivity contribution in [3.8, 4) is 0 Å². The molecule has 2 fully saturated rings. The molecule has 1 aliphatic carbocycles. The van der Waals surface area contributed by atoms with Crippen molar-refractivity contribution in [2.75, 3.05) is 13.1 Å². The Balaban J connectivity index is 2.27. The summed E-state index contributed by atoms with van der Waals surface area (Å²) in [6.07, 6.45) is 5.54. The minimum atomic E-state index is -0.811. The number of likely N-dealkylation sites (tertiary alicyclic amines) is 1. The van der Waals surface area contributed by atoms with Crippen molar-refractivity contribution < 1.29 is 19.2 Å². The fraction of sp³-hybridized carbons (Fsp3) is 0.862. The highest BCUT2D eigenvalue weighted by Crippen LogP contribution is 2.35. The molecule has 1 aliphatic heterocycles. The van der Waals surface area contributed by atoms with Crippen molar-refractivity contribution in [1.82, 2.24) is 20.9 Å². The summed E-state index contributed by atoms with van der Waals surface area (Å²) in [5.41, 5.74) is -1.65. The van der Waals surface area contributed by atoms with Gasteiger partial charge >= 0.3 is 6.03 Å². The zero-order chi connectivity index (χ0) is 28.2. The maximum absolute atomic E-state index is 13.9. The molecule has 1 saturated heterocycles. The van der Waals surface area contributed by atoms with Gasteiger partial charge in [0.25, 0.3) is 0 Å². The Bertz CT molecular complexity index is 834. The number of rotatable bonds is 8. The minimum absolute atomic E-state index is 0.0684. The van der Waals surface area contributed by atoms with E-state index in [1.165, 1.54) is 0 Å². The van der Waals surface area contributed by atoms with E-state index < -0.39 is 34.5 Å². The van der Waals surface area contributed by atoms with Crippen molar-refractivity contribution in [1.29, 1.82) is 0 Å². The van der Waals surface area contributed by atoms with Gasteiger partial charge in [-0.05, 0) is 43.4 Å². The van der Waals surface area contributed by atoms with E-state index in [1.807, 2.05) is 48.5 Å². The van der Waals surface area contributed by atoms with Gasteiger partial charge in [-0.2, -0.15) is 0 Å². The number of likely N-dealkylation sites (N-methyl/N-ethyl adjacent to an activating group) is 1. The molecule has 3 atom stereocenters. The van der Waals surface area contributed by atoms with E-state index in [2.05, 4.69) is 29.8 Å². The Kier molecular flexibility index (Phi) is 10.2. The lowest BCUT2D eigenvalue weighted by Crippen LogP contribution is -2.62. The van der Waals surface area contributed by atoms with Crippen LogP contribution in [0.15, 0.2) is 0 Å². The van der Waals surface area contributed by atoms with Gasteiger partial charge in [0.15, 0.2) is 0 Å². The lowest BCUT2D eigenvalue weighted by molar-refractivity contribution is -0.143. The first kappa shape index (κ1) is 31.1. The van der Waals surface area contributed by atoms with E-state index in [0.29, 0.717) is 19.5 Å². The van der Waals surface area contributed by atoms with Gasteiger partial charge in [-0.25, -0.2) is 4.79 Å². The van der Waals surface area contributed by atoms with E-state index >= 15 is 0 Å². The quantitative estimate of drug-likeness (QED) is 0.440. The van der Waals surface area contributed by atoms with Crippen LogP contribution in [-0.2, 0) is 14.4 Å². The summed E-state index contributed by atoms with van der Waals surface area (Å²) in [7, 11) is 0. The van der Waals surface area contributed by atoms with Crippen molar-refractivity contribution in [3.05, 3.63) is 0 Å². The van der Waals surface area contributed by atoms with Crippen molar-refractivity contribution in [2.45, 2.75) is 125 Å². The van der Waals surface area contributed by atoms with E-state index in [-0.39, 0.29) is 29.4 Å². The van der Waals surface area contributed by atoms with Gasteiger partial charge in [-0.3, -0.25) is 14.4 Å². The number of hydrogen-bond acceptors (Lipinski definition) is 4. The van der Waals surface area contributed by atoms with E-state index in [1.54, 1.807) is 4.90 Å². The SMILES string of the molecule is CCNC(=O)[C@@H]1[C@@H](C(C)C)CCN1C(=O)[C@@H](NC(=O)NC1(CC(=O)C(C)(C)C)CCCCC1)C(C)(C)C. The molecule has 0 unspecified atom stereocenters. The zero-order valence-electron chi connectivity index (χ0n) is 24.8. The average molecular weight is 521 g/mol. The van der Waals surface area contributed by atoms with Crippen LogP contribution < -0.4 is 16.0 Å². The number of nitrogens with one attached hydrogen (secondary N) is 3. The Morgan fingerprint density at radius 3 is 2.05 bits per heavy atom. The molecule has 4 amide bonds. The highest BCUT2D eigenvalue weighted by Gasteiger charge is 2.47. The minimum Gasteiger partial charge on any atom is -0.355 e. The summed E-state index contributed by atoms with van der Waals surface area (Å²) in [5.74, 6) is 0.0800. The first-order valence-electron chi connectivity index (χ1n) is 14.2. The van der Waals surface area contributed by atoms with E-state index in [0.717, 1.165) is 38.5 Å². The van der Waals surface area contributed by atoms with E-state index in [9.17, 15) is 19.2 Å². The first-order valence-corrected chi connectivity index (χ1v) is 14.2. The van der Waals surface area contributed by atoms with Crippen LogP contribution in [-0.4, -0.2) is 59.2 Å². The molecule has 1 saturated carbocycles. The van der Waals surface area contributed by atoms with Gasteiger partial charge in [0.1, 0.15) is 17.9 Å². The Morgan fingerprint density at radius 2 is 1.57 bits per heavy atom. The molecular formula is C29H52N4O4. The fourth-order valence-corrected chi connectivity index (χ4v) is 5.75. The van der Waals surface area contributed by atoms with Crippen LogP contribution in [0, 0.1) is 22.7 Å². The van der Waals surface area contributed by atoms with Crippen LogP contribution in [0.2, 0.25) is 0 Å². The summed E-state index contributed by atoms with van der Waals surface area (Å²) >= 11 is 0. The molecule has 212 valence electrons. The lowest BCUT2D eigenvalue weighted by Gasteiger charge is -2.41. The number of carbonyl (C=O) groups is 4. The predicted octanol–water partition coefficient (Wildman–Crippen LogP) is 4.42.